The van der Waals surface area contributed by atoms with Gasteiger partial charge in [0, 0.05) is 31.7 Å². The molecule has 1 fully saturated rings. The van der Waals surface area contributed by atoms with Gasteiger partial charge >= 0.3 is 0 Å². The number of rotatable bonds is 4. The van der Waals surface area contributed by atoms with E-state index in [2.05, 4.69) is 5.32 Å². The van der Waals surface area contributed by atoms with E-state index in [4.69, 9.17) is 11.6 Å². The number of nitrogens with one attached hydrogen (secondary N) is 1. The first kappa shape index (κ1) is 19.3. The zero-order valence-corrected chi connectivity index (χ0v) is 15.7. The Labute approximate surface area is 162 Å². The van der Waals surface area contributed by atoms with Gasteiger partial charge in [-0.05, 0) is 37.3 Å². The highest BCUT2D eigenvalue weighted by atomic mass is 35.5. The van der Waals surface area contributed by atoms with E-state index >= 15 is 0 Å². The van der Waals surface area contributed by atoms with Crippen LogP contribution < -0.4 is 5.32 Å². The number of carbonyl (C=O) groups excluding carboxylic acids is 2. The topological polar surface area (TPSA) is 52.7 Å². The van der Waals surface area contributed by atoms with Crippen molar-refractivity contribution in [1.29, 1.82) is 0 Å². The van der Waals surface area contributed by atoms with E-state index in [0.29, 0.717) is 37.4 Å². The molecule has 142 valence electrons. The summed E-state index contributed by atoms with van der Waals surface area (Å²) < 4.78 is 13.1. The van der Waals surface area contributed by atoms with Crippen LogP contribution in [0.1, 0.15) is 17.3 Å². The van der Waals surface area contributed by atoms with Gasteiger partial charge in [-0.25, -0.2) is 4.39 Å². The Hall–Kier alpha value is -2.44. The Morgan fingerprint density at radius 1 is 1.07 bits per heavy atom. The van der Waals surface area contributed by atoms with Crippen LogP contribution in [0.2, 0.25) is 5.02 Å². The van der Waals surface area contributed by atoms with Crippen molar-refractivity contribution in [2.75, 3.05) is 31.5 Å². The molecule has 0 aromatic heterocycles. The molecule has 1 aliphatic heterocycles. The molecular weight excluding hydrogens is 369 g/mol. The van der Waals surface area contributed by atoms with Crippen LogP contribution in [0.4, 0.5) is 10.1 Å². The largest absolute Gasteiger partial charge is 0.336 e. The molecule has 0 spiro atoms. The van der Waals surface area contributed by atoms with Gasteiger partial charge in [0.2, 0.25) is 5.91 Å². The molecule has 27 heavy (non-hydrogen) atoms. The number of hydrogen-bond donors (Lipinski definition) is 1. The lowest BCUT2D eigenvalue weighted by Gasteiger charge is -2.37. The van der Waals surface area contributed by atoms with Crippen LogP contribution in [-0.2, 0) is 4.79 Å². The minimum atomic E-state index is -0.453. The lowest BCUT2D eigenvalue weighted by atomic mass is 10.1. The van der Waals surface area contributed by atoms with Crippen molar-refractivity contribution >= 4 is 29.1 Å². The Morgan fingerprint density at radius 3 is 2.37 bits per heavy atom. The summed E-state index contributed by atoms with van der Waals surface area (Å²) in [6.45, 7) is 4.13. The molecule has 0 bridgehead atoms. The lowest BCUT2D eigenvalue weighted by molar-refractivity contribution is -0.121. The Kier molecular flexibility index (Phi) is 6.08. The van der Waals surface area contributed by atoms with E-state index in [1.165, 1.54) is 12.1 Å². The maximum absolute atomic E-state index is 13.1. The van der Waals surface area contributed by atoms with Gasteiger partial charge in [0.1, 0.15) is 5.82 Å². The minimum Gasteiger partial charge on any atom is -0.336 e. The highest BCUT2D eigenvalue weighted by Crippen LogP contribution is 2.23. The van der Waals surface area contributed by atoms with Crippen LogP contribution in [0.15, 0.2) is 48.5 Å². The third kappa shape index (κ3) is 4.64. The van der Waals surface area contributed by atoms with Crippen molar-refractivity contribution in [2.45, 2.75) is 13.0 Å². The van der Waals surface area contributed by atoms with Gasteiger partial charge in [0.25, 0.3) is 5.91 Å². The van der Waals surface area contributed by atoms with Crippen LogP contribution >= 0.6 is 11.6 Å². The summed E-state index contributed by atoms with van der Waals surface area (Å²) in [4.78, 5) is 28.8. The Morgan fingerprint density at radius 2 is 1.74 bits per heavy atom. The number of piperazine rings is 1. The predicted molar refractivity (Wildman–Crippen MR) is 103 cm³/mol. The van der Waals surface area contributed by atoms with Gasteiger partial charge in [-0.15, -0.1) is 0 Å². The monoisotopic (exact) mass is 389 g/mol. The number of anilines is 1. The van der Waals surface area contributed by atoms with Crippen molar-refractivity contribution in [3.05, 3.63) is 64.9 Å². The fourth-order valence-corrected chi connectivity index (χ4v) is 3.28. The Balaban J connectivity index is 1.55. The minimum absolute atomic E-state index is 0.00504. The summed E-state index contributed by atoms with van der Waals surface area (Å²) >= 11 is 5.96. The number of hydrogen-bond acceptors (Lipinski definition) is 3. The molecule has 0 aliphatic carbocycles. The summed E-state index contributed by atoms with van der Waals surface area (Å²) in [5.41, 5.74) is 1.05. The van der Waals surface area contributed by atoms with E-state index in [1.807, 2.05) is 23.1 Å². The van der Waals surface area contributed by atoms with Gasteiger partial charge in [-0.1, -0.05) is 29.8 Å². The molecule has 5 nitrogen and oxygen atoms in total. The number of amides is 2. The molecule has 1 atom stereocenters. The van der Waals surface area contributed by atoms with Gasteiger partial charge in [-0.2, -0.15) is 0 Å². The van der Waals surface area contributed by atoms with Crippen LogP contribution in [0.25, 0.3) is 0 Å². The van der Waals surface area contributed by atoms with Crippen molar-refractivity contribution in [3.8, 4) is 0 Å². The molecule has 3 rings (SSSR count). The van der Waals surface area contributed by atoms with Crippen LogP contribution in [0.5, 0.6) is 0 Å². The first-order valence-corrected chi connectivity index (χ1v) is 9.18. The number of nitrogens with zero attached hydrogens (tertiary/aromatic N) is 2. The Bertz CT molecular complexity index is 823. The third-order valence-corrected chi connectivity index (χ3v) is 5.05. The van der Waals surface area contributed by atoms with Gasteiger partial charge in [-0.3, -0.25) is 14.5 Å². The SMILES string of the molecule is C[C@@H](C(=O)Nc1ccc(F)cc1Cl)N1CCN(C(=O)c2ccccc2)CC1. The maximum atomic E-state index is 13.1. The van der Waals surface area contributed by atoms with Crippen LogP contribution in [0.3, 0.4) is 0 Å². The molecule has 2 aromatic rings. The first-order valence-electron chi connectivity index (χ1n) is 8.80. The molecule has 0 radical (unpaired) electrons. The average molecular weight is 390 g/mol. The smallest absolute Gasteiger partial charge is 0.253 e. The molecule has 2 amide bonds. The molecule has 0 saturated carbocycles. The van der Waals surface area contributed by atoms with Gasteiger partial charge in [0.15, 0.2) is 0 Å². The van der Waals surface area contributed by atoms with E-state index in [0.717, 1.165) is 6.07 Å². The first-order chi connectivity index (χ1) is 13.0. The normalized spacial score (nSPS) is 16.0. The van der Waals surface area contributed by atoms with E-state index in [-0.39, 0.29) is 22.9 Å². The number of carbonyl (C=O) groups is 2. The van der Waals surface area contributed by atoms with Crippen molar-refractivity contribution in [2.24, 2.45) is 0 Å². The van der Waals surface area contributed by atoms with Gasteiger partial charge < -0.3 is 10.2 Å². The quantitative estimate of drug-likeness (QED) is 0.873. The van der Waals surface area contributed by atoms with Crippen molar-refractivity contribution in [3.63, 3.8) is 0 Å². The zero-order chi connectivity index (χ0) is 19.4. The van der Waals surface area contributed by atoms with E-state index in [1.54, 1.807) is 24.0 Å². The zero-order valence-electron chi connectivity index (χ0n) is 15.0. The summed E-state index contributed by atoms with van der Waals surface area (Å²) in [7, 11) is 0. The number of benzene rings is 2. The molecule has 0 unspecified atom stereocenters. The fourth-order valence-electron chi connectivity index (χ4n) is 3.07. The summed E-state index contributed by atoms with van der Waals surface area (Å²) in [6.07, 6.45) is 0. The lowest BCUT2D eigenvalue weighted by Crippen LogP contribution is -2.54. The highest BCUT2D eigenvalue weighted by Gasteiger charge is 2.28. The number of halogens is 2. The molecule has 1 heterocycles. The fraction of sp³-hybridized carbons (Fsp3) is 0.300. The highest BCUT2D eigenvalue weighted by molar-refractivity contribution is 6.33. The molecule has 7 heteroatoms. The second-order valence-corrected chi connectivity index (χ2v) is 6.89. The predicted octanol–water partition coefficient (Wildman–Crippen LogP) is 3.26. The summed E-state index contributed by atoms with van der Waals surface area (Å²) in [5.74, 6) is -0.665. The van der Waals surface area contributed by atoms with E-state index < -0.39 is 5.82 Å². The second-order valence-electron chi connectivity index (χ2n) is 6.48. The molecular formula is C20H21ClFN3O2. The molecule has 1 N–H and O–H groups in total. The third-order valence-electron chi connectivity index (χ3n) is 4.74. The van der Waals surface area contributed by atoms with E-state index in [9.17, 15) is 14.0 Å². The van der Waals surface area contributed by atoms with Crippen molar-refractivity contribution < 1.29 is 14.0 Å². The van der Waals surface area contributed by atoms with Crippen LogP contribution in [0, 0.1) is 5.82 Å². The summed E-state index contributed by atoms with van der Waals surface area (Å²) in [6, 6.07) is 12.6. The maximum Gasteiger partial charge on any atom is 0.253 e. The molecule has 1 saturated heterocycles. The standard InChI is InChI=1S/C20H21ClFN3O2/c1-14(19(26)23-18-8-7-16(22)13-17(18)21)24-9-11-25(12-10-24)20(27)15-5-3-2-4-6-15/h2-8,13-14H,9-12H2,1H3,(H,23,26)/t14-/m0/s1. The summed E-state index contributed by atoms with van der Waals surface area (Å²) in [5, 5.41) is 2.90. The molecule has 2 aromatic carbocycles. The van der Waals surface area contributed by atoms with Gasteiger partial charge in [0.05, 0.1) is 16.8 Å². The molecule has 1 aliphatic rings. The second kappa shape index (κ2) is 8.50. The average Bonchev–Trinajstić information content (AvgIpc) is 2.69. The van der Waals surface area contributed by atoms with Crippen LogP contribution in [-0.4, -0.2) is 53.8 Å². The van der Waals surface area contributed by atoms with Crippen molar-refractivity contribution in [1.82, 2.24) is 9.80 Å².